The van der Waals surface area contributed by atoms with Crippen LogP contribution in [0.1, 0.15) is 44.0 Å². The number of hydrogen-bond donors (Lipinski definition) is 2. The monoisotopic (exact) mass is 248 g/mol. The quantitative estimate of drug-likeness (QED) is 0.812. The third-order valence-corrected chi connectivity index (χ3v) is 3.58. The van der Waals surface area contributed by atoms with E-state index in [9.17, 15) is 0 Å². The topological polar surface area (TPSA) is 49.8 Å². The SMILES string of the molecule is CCCNc1nc(C)nc(NCC2CCC2)c1C. The van der Waals surface area contributed by atoms with Gasteiger partial charge < -0.3 is 10.6 Å². The summed E-state index contributed by atoms with van der Waals surface area (Å²) in [4.78, 5) is 8.98. The van der Waals surface area contributed by atoms with E-state index in [1.54, 1.807) is 0 Å². The molecule has 0 atom stereocenters. The number of nitrogens with one attached hydrogen (secondary N) is 2. The van der Waals surface area contributed by atoms with E-state index in [0.29, 0.717) is 0 Å². The Balaban J connectivity index is 2.04. The maximum Gasteiger partial charge on any atom is 0.134 e. The second-order valence-electron chi connectivity index (χ2n) is 5.20. The zero-order valence-electron chi connectivity index (χ0n) is 11.7. The molecule has 1 aliphatic carbocycles. The van der Waals surface area contributed by atoms with Gasteiger partial charge in [-0.15, -0.1) is 0 Å². The molecule has 4 heteroatoms. The van der Waals surface area contributed by atoms with E-state index >= 15 is 0 Å². The van der Waals surface area contributed by atoms with Gasteiger partial charge in [0.05, 0.1) is 0 Å². The Bertz CT molecular complexity index is 399. The molecule has 1 heterocycles. The molecular weight excluding hydrogens is 224 g/mol. The van der Waals surface area contributed by atoms with Crippen LogP contribution >= 0.6 is 0 Å². The van der Waals surface area contributed by atoms with Crippen molar-refractivity contribution in [2.45, 2.75) is 46.5 Å². The molecule has 1 aliphatic rings. The molecule has 0 saturated heterocycles. The van der Waals surface area contributed by atoms with Crippen molar-refractivity contribution in [3.05, 3.63) is 11.4 Å². The van der Waals surface area contributed by atoms with Gasteiger partial charge in [0.1, 0.15) is 17.5 Å². The van der Waals surface area contributed by atoms with Gasteiger partial charge in [0, 0.05) is 18.7 Å². The van der Waals surface area contributed by atoms with Gasteiger partial charge in [-0.25, -0.2) is 9.97 Å². The molecule has 0 aromatic carbocycles. The standard InChI is InChI=1S/C14H24N4/c1-4-8-15-13-10(2)14(18-11(3)17-13)16-9-12-6-5-7-12/h12H,4-9H2,1-3H3,(H2,15,16,17,18). The molecule has 1 saturated carbocycles. The molecule has 0 bridgehead atoms. The van der Waals surface area contributed by atoms with E-state index < -0.39 is 0 Å². The van der Waals surface area contributed by atoms with Gasteiger partial charge in [-0.1, -0.05) is 13.3 Å². The van der Waals surface area contributed by atoms with E-state index in [2.05, 4.69) is 34.4 Å². The molecule has 0 aliphatic heterocycles. The maximum absolute atomic E-state index is 4.51. The van der Waals surface area contributed by atoms with Crippen molar-refractivity contribution in [3.8, 4) is 0 Å². The highest BCUT2D eigenvalue weighted by molar-refractivity contribution is 5.57. The van der Waals surface area contributed by atoms with Crippen LogP contribution < -0.4 is 10.6 Å². The lowest BCUT2D eigenvalue weighted by atomic mass is 9.85. The molecule has 18 heavy (non-hydrogen) atoms. The summed E-state index contributed by atoms with van der Waals surface area (Å²) in [6.07, 6.45) is 5.21. The van der Waals surface area contributed by atoms with Gasteiger partial charge in [0.15, 0.2) is 0 Å². The lowest BCUT2D eigenvalue weighted by Gasteiger charge is -2.26. The Hall–Kier alpha value is -1.32. The van der Waals surface area contributed by atoms with Crippen LogP contribution in [0.2, 0.25) is 0 Å². The lowest BCUT2D eigenvalue weighted by molar-refractivity contribution is 0.333. The second kappa shape index (κ2) is 6.03. The Kier molecular flexibility index (Phi) is 4.39. The average Bonchev–Trinajstić information content (AvgIpc) is 2.29. The Morgan fingerprint density at radius 1 is 1.11 bits per heavy atom. The zero-order valence-corrected chi connectivity index (χ0v) is 11.7. The van der Waals surface area contributed by atoms with Crippen LogP contribution in [0, 0.1) is 19.8 Å². The van der Waals surface area contributed by atoms with Gasteiger partial charge in [-0.2, -0.15) is 0 Å². The van der Waals surface area contributed by atoms with Crippen LogP contribution in [0.25, 0.3) is 0 Å². The summed E-state index contributed by atoms with van der Waals surface area (Å²) < 4.78 is 0. The molecule has 100 valence electrons. The first-order valence-electron chi connectivity index (χ1n) is 7.03. The predicted molar refractivity (Wildman–Crippen MR) is 76.1 cm³/mol. The minimum absolute atomic E-state index is 0.829. The molecule has 1 fully saturated rings. The zero-order chi connectivity index (χ0) is 13.0. The molecule has 0 spiro atoms. The van der Waals surface area contributed by atoms with Crippen LogP contribution in [0.3, 0.4) is 0 Å². The largest absolute Gasteiger partial charge is 0.370 e. The van der Waals surface area contributed by atoms with Gasteiger partial charge in [-0.3, -0.25) is 0 Å². The number of hydrogen-bond acceptors (Lipinski definition) is 4. The minimum Gasteiger partial charge on any atom is -0.370 e. The van der Waals surface area contributed by atoms with Crippen LogP contribution in [0.4, 0.5) is 11.6 Å². The van der Waals surface area contributed by atoms with Crippen molar-refractivity contribution in [3.63, 3.8) is 0 Å². The molecule has 1 aromatic heterocycles. The van der Waals surface area contributed by atoms with E-state index in [1.807, 2.05) is 6.92 Å². The summed E-state index contributed by atoms with van der Waals surface area (Å²) in [6, 6.07) is 0. The highest BCUT2D eigenvalue weighted by Gasteiger charge is 2.18. The summed E-state index contributed by atoms with van der Waals surface area (Å²) in [7, 11) is 0. The van der Waals surface area contributed by atoms with Gasteiger partial charge in [-0.05, 0) is 39.0 Å². The fourth-order valence-corrected chi connectivity index (χ4v) is 2.15. The Labute approximate surface area is 110 Å². The fraction of sp³-hybridized carbons (Fsp3) is 0.714. The van der Waals surface area contributed by atoms with Crippen molar-refractivity contribution < 1.29 is 0 Å². The number of rotatable bonds is 6. The van der Waals surface area contributed by atoms with Gasteiger partial charge >= 0.3 is 0 Å². The van der Waals surface area contributed by atoms with E-state index in [-0.39, 0.29) is 0 Å². The summed E-state index contributed by atoms with van der Waals surface area (Å²) in [6.45, 7) is 8.20. The van der Waals surface area contributed by atoms with Crippen molar-refractivity contribution >= 4 is 11.6 Å². The number of aromatic nitrogens is 2. The third kappa shape index (κ3) is 3.12. The minimum atomic E-state index is 0.829. The van der Waals surface area contributed by atoms with Gasteiger partial charge in [0.2, 0.25) is 0 Å². The van der Waals surface area contributed by atoms with Crippen molar-refractivity contribution in [2.24, 2.45) is 5.92 Å². The number of anilines is 2. The first kappa shape index (κ1) is 13.1. The van der Waals surface area contributed by atoms with E-state index in [1.165, 1.54) is 19.3 Å². The third-order valence-electron chi connectivity index (χ3n) is 3.58. The highest BCUT2D eigenvalue weighted by Crippen LogP contribution is 2.27. The Morgan fingerprint density at radius 2 is 1.78 bits per heavy atom. The molecule has 0 amide bonds. The van der Waals surface area contributed by atoms with Gasteiger partial charge in [0.25, 0.3) is 0 Å². The molecule has 2 N–H and O–H groups in total. The first-order chi connectivity index (χ1) is 8.70. The smallest absolute Gasteiger partial charge is 0.134 e. The predicted octanol–water partition coefficient (Wildman–Crippen LogP) is 3.13. The second-order valence-corrected chi connectivity index (χ2v) is 5.20. The van der Waals surface area contributed by atoms with Crippen LogP contribution in [0.15, 0.2) is 0 Å². The number of nitrogens with zero attached hydrogens (tertiary/aromatic N) is 2. The van der Waals surface area contributed by atoms with E-state index in [0.717, 1.165) is 48.5 Å². The normalized spacial score (nSPS) is 15.3. The highest BCUT2D eigenvalue weighted by atomic mass is 15.1. The van der Waals surface area contributed by atoms with Crippen LogP contribution in [-0.2, 0) is 0 Å². The summed E-state index contributed by atoms with van der Waals surface area (Å²) in [5, 5.41) is 6.85. The van der Waals surface area contributed by atoms with Crippen molar-refractivity contribution in [1.29, 1.82) is 0 Å². The van der Waals surface area contributed by atoms with Crippen LogP contribution in [-0.4, -0.2) is 23.1 Å². The lowest BCUT2D eigenvalue weighted by Crippen LogP contribution is -2.22. The summed E-state index contributed by atoms with van der Waals surface area (Å²) in [5.41, 5.74) is 1.13. The molecule has 0 radical (unpaired) electrons. The van der Waals surface area contributed by atoms with Crippen LogP contribution in [0.5, 0.6) is 0 Å². The average molecular weight is 248 g/mol. The molecule has 2 rings (SSSR count). The van der Waals surface area contributed by atoms with E-state index in [4.69, 9.17) is 0 Å². The van der Waals surface area contributed by atoms with Crippen molar-refractivity contribution in [1.82, 2.24) is 9.97 Å². The molecule has 4 nitrogen and oxygen atoms in total. The first-order valence-corrected chi connectivity index (χ1v) is 7.03. The number of aryl methyl sites for hydroxylation is 1. The molecule has 0 unspecified atom stereocenters. The summed E-state index contributed by atoms with van der Waals surface area (Å²) in [5.74, 6) is 3.63. The molecule has 1 aromatic rings. The summed E-state index contributed by atoms with van der Waals surface area (Å²) >= 11 is 0. The molecular formula is C14H24N4. The van der Waals surface area contributed by atoms with Crippen molar-refractivity contribution in [2.75, 3.05) is 23.7 Å². The fourth-order valence-electron chi connectivity index (χ4n) is 2.15. The maximum atomic E-state index is 4.51. The Morgan fingerprint density at radius 3 is 2.33 bits per heavy atom.